The topological polar surface area (TPSA) is 64.9 Å². The minimum absolute atomic E-state index is 0.349. The van der Waals surface area contributed by atoms with E-state index in [-0.39, 0.29) is 5.97 Å². The number of methoxy groups -OCH3 is 1. The third-order valence-corrected chi connectivity index (χ3v) is 2.65. The molecule has 0 aliphatic carbocycles. The number of anilines is 1. The van der Waals surface area contributed by atoms with Crippen molar-refractivity contribution in [3.63, 3.8) is 0 Å². The molecular formula is C13H17N3O3. The second-order valence-electron chi connectivity index (χ2n) is 3.94. The molecule has 2 aromatic heterocycles. The van der Waals surface area contributed by atoms with Crippen molar-refractivity contribution in [1.82, 2.24) is 9.61 Å². The van der Waals surface area contributed by atoms with Gasteiger partial charge in [-0.05, 0) is 19.1 Å². The fourth-order valence-electron chi connectivity index (χ4n) is 1.75. The fraction of sp³-hybridized carbons (Fsp3) is 0.385. The van der Waals surface area contributed by atoms with Crippen LogP contribution in [-0.4, -0.2) is 42.5 Å². The smallest absolute Gasteiger partial charge is 0.341 e. The van der Waals surface area contributed by atoms with Gasteiger partial charge in [0, 0.05) is 25.5 Å². The van der Waals surface area contributed by atoms with Gasteiger partial charge in [0.1, 0.15) is 5.56 Å². The molecule has 0 atom stereocenters. The predicted molar refractivity (Wildman–Crippen MR) is 71.5 cm³/mol. The number of hydrogen-bond donors (Lipinski definition) is 1. The number of nitrogens with zero attached hydrogens (tertiary/aromatic N) is 2. The molecule has 102 valence electrons. The summed E-state index contributed by atoms with van der Waals surface area (Å²) in [5, 5.41) is 7.33. The maximum absolute atomic E-state index is 11.8. The van der Waals surface area contributed by atoms with Gasteiger partial charge in [-0.25, -0.2) is 9.31 Å². The molecule has 2 heterocycles. The predicted octanol–water partition coefficient (Wildman–Crippen LogP) is 1.57. The van der Waals surface area contributed by atoms with Crippen molar-refractivity contribution in [2.75, 3.05) is 32.2 Å². The molecule has 0 radical (unpaired) electrons. The Kier molecular flexibility index (Phi) is 4.35. The standard InChI is InChI=1S/C13H17N3O3/c1-3-19-13(17)11-9-15-16-6-4-10(8-12(11)16)14-5-7-18-2/h4,6,8-9,14H,3,5,7H2,1-2H3. The van der Waals surface area contributed by atoms with Gasteiger partial charge in [-0.1, -0.05) is 0 Å². The lowest BCUT2D eigenvalue weighted by atomic mass is 10.2. The maximum Gasteiger partial charge on any atom is 0.341 e. The van der Waals surface area contributed by atoms with Crippen LogP contribution >= 0.6 is 0 Å². The van der Waals surface area contributed by atoms with E-state index in [0.29, 0.717) is 25.3 Å². The number of ether oxygens (including phenoxy) is 2. The summed E-state index contributed by atoms with van der Waals surface area (Å²) in [7, 11) is 1.65. The van der Waals surface area contributed by atoms with Crippen LogP contribution in [0.1, 0.15) is 17.3 Å². The van der Waals surface area contributed by atoms with Crippen molar-refractivity contribution in [2.45, 2.75) is 6.92 Å². The van der Waals surface area contributed by atoms with Gasteiger partial charge in [0.05, 0.1) is 24.9 Å². The first-order valence-corrected chi connectivity index (χ1v) is 6.13. The first kappa shape index (κ1) is 13.4. The number of nitrogens with one attached hydrogen (secondary N) is 1. The van der Waals surface area contributed by atoms with E-state index >= 15 is 0 Å². The summed E-state index contributed by atoms with van der Waals surface area (Å²) in [5.74, 6) is -0.355. The lowest BCUT2D eigenvalue weighted by Gasteiger charge is -2.06. The molecule has 0 aliphatic heterocycles. The molecule has 0 amide bonds. The summed E-state index contributed by atoms with van der Waals surface area (Å²) in [4.78, 5) is 11.8. The van der Waals surface area contributed by atoms with Crippen molar-refractivity contribution < 1.29 is 14.3 Å². The molecule has 0 aliphatic rings. The van der Waals surface area contributed by atoms with E-state index in [1.54, 1.807) is 24.7 Å². The lowest BCUT2D eigenvalue weighted by molar-refractivity contribution is 0.0528. The van der Waals surface area contributed by atoms with Crippen LogP contribution < -0.4 is 5.32 Å². The highest BCUT2D eigenvalue weighted by Gasteiger charge is 2.13. The lowest BCUT2D eigenvalue weighted by Crippen LogP contribution is -2.08. The number of carbonyl (C=O) groups excluding carboxylic acids is 1. The highest BCUT2D eigenvalue weighted by Crippen LogP contribution is 2.16. The Balaban J connectivity index is 2.24. The molecule has 1 N–H and O–H groups in total. The third kappa shape index (κ3) is 3.03. The Morgan fingerprint density at radius 2 is 2.37 bits per heavy atom. The molecule has 0 saturated heterocycles. The van der Waals surface area contributed by atoms with Gasteiger partial charge >= 0.3 is 5.97 Å². The quantitative estimate of drug-likeness (QED) is 0.633. The minimum Gasteiger partial charge on any atom is -0.462 e. The van der Waals surface area contributed by atoms with E-state index in [4.69, 9.17) is 9.47 Å². The van der Waals surface area contributed by atoms with Crippen molar-refractivity contribution in [1.29, 1.82) is 0 Å². The first-order valence-electron chi connectivity index (χ1n) is 6.13. The zero-order valence-corrected chi connectivity index (χ0v) is 11.0. The van der Waals surface area contributed by atoms with Gasteiger partial charge in [-0.15, -0.1) is 0 Å². The highest BCUT2D eigenvalue weighted by molar-refractivity contribution is 5.97. The molecule has 6 nitrogen and oxygen atoms in total. The van der Waals surface area contributed by atoms with Gasteiger partial charge in [0.25, 0.3) is 0 Å². The molecule has 0 fully saturated rings. The summed E-state index contributed by atoms with van der Waals surface area (Å²) >= 11 is 0. The summed E-state index contributed by atoms with van der Waals surface area (Å²) in [5.41, 5.74) is 2.11. The Hall–Kier alpha value is -2.08. The average molecular weight is 263 g/mol. The van der Waals surface area contributed by atoms with Gasteiger partial charge in [0.15, 0.2) is 0 Å². The summed E-state index contributed by atoms with van der Waals surface area (Å²) in [6.07, 6.45) is 3.32. The molecule has 0 spiro atoms. The van der Waals surface area contributed by atoms with Crippen LogP contribution in [0.2, 0.25) is 0 Å². The Bertz CT molecular complexity index is 565. The van der Waals surface area contributed by atoms with Gasteiger partial charge in [0.2, 0.25) is 0 Å². The van der Waals surface area contributed by atoms with E-state index in [2.05, 4.69) is 10.4 Å². The monoisotopic (exact) mass is 263 g/mol. The molecule has 2 aromatic rings. The first-order chi connectivity index (χ1) is 9.26. The third-order valence-electron chi connectivity index (χ3n) is 2.65. The second kappa shape index (κ2) is 6.19. The van der Waals surface area contributed by atoms with Gasteiger partial charge < -0.3 is 14.8 Å². The molecule has 6 heteroatoms. The van der Waals surface area contributed by atoms with E-state index < -0.39 is 0 Å². The van der Waals surface area contributed by atoms with Crippen molar-refractivity contribution in [2.24, 2.45) is 0 Å². The largest absolute Gasteiger partial charge is 0.462 e. The van der Waals surface area contributed by atoms with E-state index in [1.807, 2.05) is 12.1 Å². The number of pyridine rings is 1. The fourth-order valence-corrected chi connectivity index (χ4v) is 1.75. The molecular weight excluding hydrogens is 246 g/mol. The van der Waals surface area contributed by atoms with E-state index in [0.717, 1.165) is 11.2 Å². The maximum atomic E-state index is 11.8. The number of hydrogen-bond acceptors (Lipinski definition) is 5. The van der Waals surface area contributed by atoms with Crippen LogP contribution in [0.5, 0.6) is 0 Å². The van der Waals surface area contributed by atoms with Crippen LogP contribution in [0.25, 0.3) is 5.52 Å². The average Bonchev–Trinajstić information content (AvgIpc) is 2.82. The second-order valence-corrected chi connectivity index (χ2v) is 3.94. The SMILES string of the molecule is CCOC(=O)c1cnn2ccc(NCCOC)cc12. The number of rotatable bonds is 6. The molecule has 0 aromatic carbocycles. The summed E-state index contributed by atoms with van der Waals surface area (Å²) in [6.45, 7) is 3.45. The van der Waals surface area contributed by atoms with Crippen LogP contribution in [-0.2, 0) is 9.47 Å². The number of carbonyl (C=O) groups is 1. The van der Waals surface area contributed by atoms with Crippen molar-refractivity contribution in [3.8, 4) is 0 Å². The van der Waals surface area contributed by atoms with Crippen LogP contribution in [0.15, 0.2) is 24.5 Å². The zero-order valence-electron chi connectivity index (χ0n) is 11.0. The van der Waals surface area contributed by atoms with Crippen molar-refractivity contribution >= 4 is 17.2 Å². The van der Waals surface area contributed by atoms with Crippen LogP contribution in [0.4, 0.5) is 5.69 Å². The summed E-state index contributed by atoms with van der Waals surface area (Å²) in [6, 6.07) is 3.76. The molecule has 0 unspecified atom stereocenters. The number of esters is 1. The van der Waals surface area contributed by atoms with E-state index in [9.17, 15) is 4.79 Å². The molecule has 0 bridgehead atoms. The minimum atomic E-state index is -0.355. The normalized spacial score (nSPS) is 10.6. The molecule has 0 saturated carbocycles. The van der Waals surface area contributed by atoms with Crippen LogP contribution in [0, 0.1) is 0 Å². The zero-order chi connectivity index (χ0) is 13.7. The Labute approximate surface area is 111 Å². The molecule has 19 heavy (non-hydrogen) atoms. The van der Waals surface area contributed by atoms with Crippen LogP contribution in [0.3, 0.4) is 0 Å². The Morgan fingerprint density at radius 1 is 1.53 bits per heavy atom. The Morgan fingerprint density at radius 3 is 3.11 bits per heavy atom. The van der Waals surface area contributed by atoms with E-state index in [1.165, 1.54) is 6.20 Å². The van der Waals surface area contributed by atoms with Gasteiger partial charge in [-0.2, -0.15) is 5.10 Å². The van der Waals surface area contributed by atoms with Crippen molar-refractivity contribution in [3.05, 3.63) is 30.1 Å². The highest BCUT2D eigenvalue weighted by atomic mass is 16.5. The molecule has 2 rings (SSSR count). The number of fused-ring (bicyclic) bond motifs is 1. The van der Waals surface area contributed by atoms with Gasteiger partial charge in [-0.3, -0.25) is 0 Å². The summed E-state index contributed by atoms with van der Waals surface area (Å²) < 4.78 is 11.6. The number of aromatic nitrogens is 2.